The van der Waals surface area contributed by atoms with E-state index in [-0.39, 0.29) is 5.60 Å². The summed E-state index contributed by atoms with van der Waals surface area (Å²) in [6, 6.07) is 7.95. The second-order valence-corrected chi connectivity index (χ2v) is 10.0. The maximum atomic E-state index is 10.6. The molecule has 0 saturated heterocycles. The number of allylic oxidation sites excluding steroid dienone is 6. The first-order valence-corrected chi connectivity index (χ1v) is 12.3. The van der Waals surface area contributed by atoms with E-state index in [2.05, 4.69) is 65.0 Å². The van der Waals surface area contributed by atoms with Gasteiger partial charge in [0.05, 0.1) is 0 Å². The van der Waals surface area contributed by atoms with Crippen molar-refractivity contribution in [1.82, 2.24) is 0 Å². The van der Waals surface area contributed by atoms with Crippen LogP contribution in [0.4, 0.5) is 0 Å². The largest absolute Gasteiger partial charge is 0.507 e. The molecule has 0 aromatic heterocycles. The van der Waals surface area contributed by atoms with E-state index in [4.69, 9.17) is 4.74 Å². The van der Waals surface area contributed by atoms with Crippen molar-refractivity contribution < 1.29 is 9.84 Å². The molecule has 1 N–H and O–H groups in total. The predicted octanol–water partition coefficient (Wildman–Crippen LogP) is 9.22. The number of hydrogen-bond acceptors (Lipinski definition) is 2. The SMILES string of the molecule is CC(C)=CCC/C(C)=C/CC/C(C)=C/CCC1(C)C=Cc2c(C)c(O)c3ccccc3c2O1. The Morgan fingerprint density at radius 1 is 0.909 bits per heavy atom. The third-order valence-electron chi connectivity index (χ3n) is 6.62. The molecule has 0 radical (unpaired) electrons. The molecule has 2 aromatic carbocycles. The zero-order valence-corrected chi connectivity index (χ0v) is 21.3. The summed E-state index contributed by atoms with van der Waals surface area (Å²) >= 11 is 0. The Balaban J connectivity index is 1.59. The molecule has 0 bridgehead atoms. The van der Waals surface area contributed by atoms with Crippen molar-refractivity contribution in [2.75, 3.05) is 0 Å². The van der Waals surface area contributed by atoms with Crippen molar-refractivity contribution in [1.29, 1.82) is 0 Å². The van der Waals surface area contributed by atoms with Crippen molar-refractivity contribution in [2.24, 2.45) is 0 Å². The quantitative estimate of drug-likeness (QED) is 0.391. The monoisotopic (exact) mass is 444 g/mol. The number of benzene rings is 2. The molecule has 3 rings (SSSR count). The predicted molar refractivity (Wildman–Crippen MR) is 143 cm³/mol. The van der Waals surface area contributed by atoms with Gasteiger partial charge in [-0.3, -0.25) is 0 Å². The Kier molecular flexibility index (Phi) is 8.24. The van der Waals surface area contributed by atoms with Gasteiger partial charge in [0.1, 0.15) is 17.1 Å². The minimum absolute atomic E-state index is 0.348. The van der Waals surface area contributed by atoms with E-state index in [1.54, 1.807) is 0 Å². The van der Waals surface area contributed by atoms with Crippen LogP contribution in [0.5, 0.6) is 11.5 Å². The third kappa shape index (κ3) is 6.41. The van der Waals surface area contributed by atoms with Gasteiger partial charge in [0.2, 0.25) is 0 Å². The highest BCUT2D eigenvalue weighted by atomic mass is 16.5. The van der Waals surface area contributed by atoms with Crippen LogP contribution >= 0.6 is 0 Å². The fourth-order valence-electron chi connectivity index (χ4n) is 4.45. The van der Waals surface area contributed by atoms with E-state index in [1.165, 1.54) is 16.7 Å². The zero-order valence-electron chi connectivity index (χ0n) is 21.3. The Labute approximate surface area is 200 Å². The van der Waals surface area contributed by atoms with Crippen LogP contribution in [0.2, 0.25) is 0 Å². The lowest BCUT2D eigenvalue weighted by atomic mass is 9.90. The van der Waals surface area contributed by atoms with Crippen LogP contribution in [0.1, 0.15) is 84.3 Å². The molecule has 1 aliphatic rings. The summed E-state index contributed by atoms with van der Waals surface area (Å²) < 4.78 is 6.58. The standard InChI is InChI=1S/C31H40O2/c1-22(2)12-9-13-23(3)14-10-15-24(4)16-11-20-31(6)21-19-26-25(5)29(32)27-17-7-8-18-28(27)30(26)33-31/h7-8,12,14,16-19,21,32H,9-11,13,15,20H2,1-6H3/b23-14+,24-16+. The average molecular weight is 445 g/mol. The Morgan fingerprint density at radius 3 is 2.18 bits per heavy atom. The van der Waals surface area contributed by atoms with E-state index in [9.17, 15) is 5.11 Å². The van der Waals surface area contributed by atoms with Crippen molar-refractivity contribution in [3.05, 3.63) is 76.4 Å². The summed E-state index contributed by atoms with van der Waals surface area (Å²) in [7, 11) is 0. The highest BCUT2D eigenvalue weighted by molar-refractivity contribution is 5.98. The highest BCUT2D eigenvalue weighted by Crippen LogP contribution is 2.45. The molecular weight excluding hydrogens is 404 g/mol. The summed E-state index contributed by atoms with van der Waals surface area (Å²) in [4.78, 5) is 0. The Hall–Kier alpha value is -2.74. The summed E-state index contributed by atoms with van der Waals surface area (Å²) in [6.07, 6.45) is 17.8. The minimum atomic E-state index is -0.350. The van der Waals surface area contributed by atoms with Gasteiger partial charge in [0.25, 0.3) is 0 Å². The van der Waals surface area contributed by atoms with Crippen LogP contribution in [-0.4, -0.2) is 10.7 Å². The molecule has 2 heteroatoms. The average Bonchev–Trinajstić information content (AvgIpc) is 2.77. The molecule has 0 aliphatic carbocycles. The number of rotatable bonds is 9. The molecule has 176 valence electrons. The maximum Gasteiger partial charge on any atom is 0.136 e. The molecule has 2 aromatic rings. The van der Waals surface area contributed by atoms with Gasteiger partial charge >= 0.3 is 0 Å². The lowest BCUT2D eigenvalue weighted by molar-refractivity contribution is 0.131. The van der Waals surface area contributed by atoms with Crippen LogP contribution in [0, 0.1) is 6.92 Å². The van der Waals surface area contributed by atoms with Crippen LogP contribution in [0.3, 0.4) is 0 Å². The summed E-state index contributed by atoms with van der Waals surface area (Å²) in [5.41, 5.74) is 5.84. The van der Waals surface area contributed by atoms with E-state index in [0.717, 1.165) is 66.2 Å². The number of phenols is 1. The first-order chi connectivity index (χ1) is 15.7. The molecule has 1 atom stereocenters. The number of ether oxygens (including phenoxy) is 1. The van der Waals surface area contributed by atoms with E-state index >= 15 is 0 Å². The molecule has 33 heavy (non-hydrogen) atoms. The van der Waals surface area contributed by atoms with Gasteiger partial charge in [0.15, 0.2) is 0 Å². The summed E-state index contributed by atoms with van der Waals surface area (Å²) in [5, 5.41) is 12.4. The Morgan fingerprint density at radius 2 is 1.52 bits per heavy atom. The van der Waals surface area contributed by atoms with Crippen LogP contribution in [0.25, 0.3) is 16.8 Å². The fraction of sp³-hybridized carbons (Fsp3) is 0.419. The molecule has 0 fully saturated rings. The maximum absolute atomic E-state index is 10.6. The number of aromatic hydroxyl groups is 1. The second kappa shape index (κ2) is 10.9. The Bertz CT molecular complexity index is 1110. The molecule has 0 saturated carbocycles. The second-order valence-electron chi connectivity index (χ2n) is 10.0. The van der Waals surface area contributed by atoms with E-state index < -0.39 is 0 Å². The molecule has 1 heterocycles. The number of hydrogen-bond donors (Lipinski definition) is 1. The van der Waals surface area contributed by atoms with Gasteiger partial charge in [-0.05, 0) is 86.1 Å². The van der Waals surface area contributed by atoms with Gasteiger partial charge in [0, 0.05) is 21.9 Å². The zero-order chi connectivity index (χ0) is 24.0. The molecule has 0 amide bonds. The highest BCUT2D eigenvalue weighted by Gasteiger charge is 2.29. The van der Waals surface area contributed by atoms with Crippen molar-refractivity contribution in [3.8, 4) is 11.5 Å². The lowest BCUT2D eigenvalue weighted by Gasteiger charge is -2.33. The molecule has 1 unspecified atom stereocenters. The molecular formula is C31H40O2. The van der Waals surface area contributed by atoms with Gasteiger partial charge < -0.3 is 9.84 Å². The van der Waals surface area contributed by atoms with E-state index in [0.29, 0.717) is 5.75 Å². The molecule has 2 nitrogen and oxygen atoms in total. The van der Waals surface area contributed by atoms with Crippen LogP contribution in [-0.2, 0) is 0 Å². The summed E-state index contributed by atoms with van der Waals surface area (Å²) in [5.74, 6) is 1.24. The van der Waals surface area contributed by atoms with Crippen molar-refractivity contribution in [3.63, 3.8) is 0 Å². The normalized spacial score (nSPS) is 18.2. The number of fused-ring (bicyclic) bond motifs is 3. The van der Waals surface area contributed by atoms with Crippen molar-refractivity contribution >= 4 is 16.8 Å². The van der Waals surface area contributed by atoms with Gasteiger partial charge in [-0.15, -0.1) is 0 Å². The lowest BCUT2D eigenvalue weighted by Crippen LogP contribution is -2.32. The fourth-order valence-corrected chi connectivity index (χ4v) is 4.45. The van der Waals surface area contributed by atoms with Gasteiger partial charge in [-0.1, -0.05) is 65.3 Å². The molecule has 0 spiro atoms. The van der Waals surface area contributed by atoms with Crippen molar-refractivity contribution in [2.45, 2.75) is 85.7 Å². The molecule has 1 aliphatic heterocycles. The first-order valence-electron chi connectivity index (χ1n) is 12.3. The topological polar surface area (TPSA) is 29.5 Å². The van der Waals surface area contributed by atoms with Gasteiger partial charge in [-0.2, -0.15) is 0 Å². The van der Waals surface area contributed by atoms with Crippen LogP contribution in [0.15, 0.2) is 65.3 Å². The smallest absolute Gasteiger partial charge is 0.136 e. The summed E-state index contributed by atoms with van der Waals surface area (Å²) in [6.45, 7) is 12.9. The van der Waals surface area contributed by atoms with Gasteiger partial charge in [-0.25, -0.2) is 0 Å². The van der Waals surface area contributed by atoms with E-state index in [1.807, 2.05) is 31.2 Å². The van der Waals surface area contributed by atoms with Crippen LogP contribution < -0.4 is 4.74 Å². The minimum Gasteiger partial charge on any atom is -0.507 e. The third-order valence-corrected chi connectivity index (χ3v) is 6.62. The number of phenolic OH excluding ortho intramolecular Hbond substituents is 1. The first kappa shape index (κ1) is 24.9.